The number of aliphatic hydroxyl groups excluding tert-OH is 1. The van der Waals surface area contributed by atoms with Gasteiger partial charge >= 0.3 is 0 Å². The van der Waals surface area contributed by atoms with E-state index < -0.39 is 6.10 Å². The number of nitrogens with zero attached hydrogens (tertiary/aromatic N) is 2. The number of nitrogens with one attached hydrogen (secondary N) is 1. The molecule has 0 radical (unpaired) electrons. The molecule has 0 saturated heterocycles. The van der Waals surface area contributed by atoms with E-state index in [2.05, 4.69) is 29.0 Å². The second-order valence-electron chi connectivity index (χ2n) is 4.84. The molecule has 2 aromatic rings. The molecule has 1 aromatic carbocycles. The average molecular weight is 305 g/mol. The Morgan fingerprint density at radius 2 is 1.95 bits per heavy atom. The van der Waals surface area contributed by atoms with E-state index in [1.807, 2.05) is 36.5 Å². The highest BCUT2D eigenvalue weighted by molar-refractivity contribution is 7.15. The van der Waals surface area contributed by atoms with Crippen LogP contribution in [-0.2, 0) is 6.54 Å². The van der Waals surface area contributed by atoms with Crippen LogP contribution < -0.4 is 10.2 Å². The van der Waals surface area contributed by atoms with E-state index in [4.69, 9.17) is 0 Å². The van der Waals surface area contributed by atoms with Crippen molar-refractivity contribution < 1.29 is 5.11 Å². The molecule has 0 aliphatic carbocycles. The van der Waals surface area contributed by atoms with E-state index in [0.29, 0.717) is 6.54 Å². The lowest BCUT2D eigenvalue weighted by Gasteiger charge is -2.16. The van der Waals surface area contributed by atoms with Crippen molar-refractivity contribution in [2.45, 2.75) is 26.5 Å². The number of aromatic nitrogens is 1. The Hall–Kier alpha value is -1.43. The zero-order chi connectivity index (χ0) is 15.1. The summed E-state index contributed by atoms with van der Waals surface area (Å²) < 4.78 is 0. The molecular formula is C16H23N3OS. The Bertz CT molecular complexity index is 525. The molecule has 1 heterocycles. The van der Waals surface area contributed by atoms with Gasteiger partial charge in [0.2, 0.25) is 0 Å². The normalized spacial score (nSPS) is 12.3. The van der Waals surface area contributed by atoms with Crippen LogP contribution >= 0.6 is 11.3 Å². The lowest BCUT2D eigenvalue weighted by molar-refractivity contribution is 0.174. The van der Waals surface area contributed by atoms with E-state index in [0.717, 1.165) is 30.3 Å². The second-order valence-corrected chi connectivity index (χ2v) is 5.93. The second kappa shape index (κ2) is 8.12. The fraction of sp³-hybridized carbons (Fsp3) is 0.438. The molecule has 0 aliphatic heterocycles. The van der Waals surface area contributed by atoms with Crippen LogP contribution in [0.3, 0.4) is 0 Å². The maximum Gasteiger partial charge on any atom is 0.185 e. The van der Waals surface area contributed by atoms with Gasteiger partial charge in [-0.25, -0.2) is 4.98 Å². The molecule has 4 nitrogen and oxygen atoms in total. The maximum absolute atomic E-state index is 10.1. The van der Waals surface area contributed by atoms with Crippen molar-refractivity contribution in [1.82, 2.24) is 10.3 Å². The van der Waals surface area contributed by atoms with Gasteiger partial charge in [0.1, 0.15) is 0 Å². The molecule has 0 spiro atoms. The van der Waals surface area contributed by atoms with Crippen molar-refractivity contribution in [2.75, 3.05) is 24.5 Å². The van der Waals surface area contributed by atoms with Crippen molar-refractivity contribution in [2.24, 2.45) is 0 Å². The van der Waals surface area contributed by atoms with Crippen molar-refractivity contribution in [3.05, 3.63) is 47.0 Å². The SMILES string of the molecule is CCN(CC)c1ncc(CNC[C@@H](O)c2ccccc2)s1. The van der Waals surface area contributed by atoms with E-state index in [1.165, 1.54) is 4.88 Å². The zero-order valence-electron chi connectivity index (χ0n) is 12.6. The van der Waals surface area contributed by atoms with Crippen molar-refractivity contribution in [1.29, 1.82) is 0 Å². The largest absolute Gasteiger partial charge is 0.387 e. The number of anilines is 1. The number of thiazole rings is 1. The minimum Gasteiger partial charge on any atom is -0.387 e. The Morgan fingerprint density at radius 3 is 2.62 bits per heavy atom. The summed E-state index contributed by atoms with van der Waals surface area (Å²) in [7, 11) is 0. The summed E-state index contributed by atoms with van der Waals surface area (Å²) in [4.78, 5) is 7.89. The summed E-state index contributed by atoms with van der Waals surface area (Å²) in [6.07, 6.45) is 1.45. The Labute approximate surface area is 130 Å². The number of hydrogen-bond donors (Lipinski definition) is 2. The Morgan fingerprint density at radius 1 is 1.24 bits per heavy atom. The fourth-order valence-electron chi connectivity index (χ4n) is 2.14. The molecular weight excluding hydrogens is 282 g/mol. The first kappa shape index (κ1) is 15.9. The standard InChI is InChI=1S/C16H23N3OS/c1-3-19(4-2)16-18-11-14(21-16)10-17-12-15(20)13-8-6-5-7-9-13/h5-9,11,15,17,20H,3-4,10,12H2,1-2H3/t15-/m1/s1. The molecule has 0 fully saturated rings. The first-order valence-electron chi connectivity index (χ1n) is 7.38. The third kappa shape index (κ3) is 4.52. The van der Waals surface area contributed by atoms with Gasteiger partial charge in [-0.3, -0.25) is 0 Å². The summed E-state index contributed by atoms with van der Waals surface area (Å²) in [6.45, 7) is 7.51. The average Bonchev–Trinajstić information content (AvgIpc) is 2.98. The predicted molar refractivity (Wildman–Crippen MR) is 88.8 cm³/mol. The summed E-state index contributed by atoms with van der Waals surface area (Å²) in [5, 5.41) is 14.4. The Balaban J connectivity index is 1.81. The first-order valence-corrected chi connectivity index (χ1v) is 8.19. The fourth-order valence-corrected chi connectivity index (χ4v) is 3.15. The lowest BCUT2D eigenvalue weighted by Crippen LogP contribution is -2.21. The third-order valence-electron chi connectivity index (χ3n) is 3.40. The minimum atomic E-state index is -0.471. The number of rotatable bonds is 8. The number of aliphatic hydroxyl groups is 1. The smallest absolute Gasteiger partial charge is 0.185 e. The minimum absolute atomic E-state index is 0.471. The van der Waals surface area contributed by atoms with E-state index in [9.17, 15) is 5.11 Å². The van der Waals surface area contributed by atoms with E-state index in [-0.39, 0.29) is 0 Å². The topological polar surface area (TPSA) is 48.4 Å². The molecule has 0 unspecified atom stereocenters. The summed E-state index contributed by atoms with van der Waals surface area (Å²) in [6, 6.07) is 9.72. The quantitative estimate of drug-likeness (QED) is 0.787. The molecule has 5 heteroatoms. The van der Waals surface area contributed by atoms with Gasteiger partial charge < -0.3 is 15.3 Å². The van der Waals surface area contributed by atoms with Crippen molar-refractivity contribution >= 4 is 16.5 Å². The lowest BCUT2D eigenvalue weighted by atomic mass is 10.1. The summed E-state index contributed by atoms with van der Waals surface area (Å²) >= 11 is 1.71. The van der Waals surface area contributed by atoms with Gasteiger partial charge in [-0.2, -0.15) is 0 Å². The van der Waals surface area contributed by atoms with Crippen LogP contribution in [0.15, 0.2) is 36.5 Å². The summed E-state index contributed by atoms with van der Waals surface area (Å²) in [5.74, 6) is 0. The van der Waals surface area contributed by atoms with Crippen LogP contribution in [0.25, 0.3) is 0 Å². The monoisotopic (exact) mass is 305 g/mol. The van der Waals surface area contributed by atoms with Crippen LogP contribution in [0.1, 0.15) is 30.4 Å². The molecule has 2 rings (SSSR count). The van der Waals surface area contributed by atoms with E-state index >= 15 is 0 Å². The van der Waals surface area contributed by atoms with Crippen LogP contribution in [0.2, 0.25) is 0 Å². The van der Waals surface area contributed by atoms with Crippen molar-refractivity contribution in [3.8, 4) is 0 Å². The molecule has 0 bridgehead atoms. The van der Waals surface area contributed by atoms with Gasteiger partial charge in [0, 0.05) is 37.3 Å². The molecule has 0 saturated carbocycles. The van der Waals surface area contributed by atoms with E-state index in [1.54, 1.807) is 11.3 Å². The molecule has 114 valence electrons. The molecule has 21 heavy (non-hydrogen) atoms. The van der Waals surface area contributed by atoms with Crippen LogP contribution in [0.4, 0.5) is 5.13 Å². The molecule has 0 amide bonds. The highest BCUT2D eigenvalue weighted by atomic mass is 32.1. The first-order chi connectivity index (χ1) is 10.2. The maximum atomic E-state index is 10.1. The number of benzene rings is 1. The predicted octanol–water partition coefficient (Wildman–Crippen LogP) is 2.81. The van der Waals surface area contributed by atoms with Gasteiger partial charge in [-0.1, -0.05) is 30.3 Å². The molecule has 1 atom stereocenters. The highest BCUT2D eigenvalue weighted by Crippen LogP contribution is 2.22. The zero-order valence-corrected chi connectivity index (χ0v) is 13.4. The van der Waals surface area contributed by atoms with Gasteiger partial charge in [0.15, 0.2) is 5.13 Å². The van der Waals surface area contributed by atoms with Crippen LogP contribution in [0, 0.1) is 0 Å². The Kier molecular flexibility index (Phi) is 6.17. The molecule has 0 aliphatic rings. The van der Waals surface area contributed by atoms with Crippen LogP contribution in [-0.4, -0.2) is 29.7 Å². The highest BCUT2D eigenvalue weighted by Gasteiger charge is 2.09. The van der Waals surface area contributed by atoms with Gasteiger partial charge in [0.25, 0.3) is 0 Å². The van der Waals surface area contributed by atoms with Gasteiger partial charge in [-0.05, 0) is 19.4 Å². The third-order valence-corrected chi connectivity index (χ3v) is 4.45. The summed E-state index contributed by atoms with van der Waals surface area (Å²) in [5.41, 5.74) is 0.943. The van der Waals surface area contributed by atoms with Gasteiger partial charge in [0.05, 0.1) is 6.10 Å². The number of hydrogen-bond acceptors (Lipinski definition) is 5. The van der Waals surface area contributed by atoms with Crippen LogP contribution in [0.5, 0.6) is 0 Å². The molecule has 1 aromatic heterocycles. The molecule has 2 N–H and O–H groups in total. The van der Waals surface area contributed by atoms with Gasteiger partial charge in [-0.15, -0.1) is 11.3 Å². The van der Waals surface area contributed by atoms with Crippen molar-refractivity contribution in [3.63, 3.8) is 0 Å².